The lowest BCUT2D eigenvalue weighted by Crippen LogP contribution is -2.14. The molecule has 0 saturated carbocycles. The first-order chi connectivity index (χ1) is 18.0. The second-order valence-electron chi connectivity index (χ2n) is 8.00. The molecule has 186 valence electrons. The minimum Gasteiger partial charge on any atom is -0.497 e. The number of hydrogen-bond donors (Lipinski definition) is 2. The molecule has 0 spiro atoms. The van der Waals surface area contributed by atoms with Crippen molar-refractivity contribution in [3.63, 3.8) is 0 Å². The molecule has 3 heterocycles. The number of carbonyl (C=O) groups excluding carboxylic acids is 1. The van der Waals surface area contributed by atoms with Gasteiger partial charge < -0.3 is 19.9 Å². The molecule has 2 N–H and O–H groups in total. The van der Waals surface area contributed by atoms with Gasteiger partial charge in [0.25, 0.3) is 5.91 Å². The number of amides is 1. The highest BCUT2D eigenvalue weighted by Gasteiger charge is 2.23. The van der Waals surface area contributed by atoms with Crippen LogP contribution < -0.4 is 14.8 Å². The van der Waals surface area contributed by atoms with Gasteiger partial charge in [0.05, 0.1) is 38.0 Å². The van der Waals surface area contributed by atoms with Gasteiger partial charge in [-0.2, -0.15) is 5.10 Å². The third kappa shape index (κ3) is 4.69. The zero-order valence-corrected chi connectivity index (χ0v) is 20.0. The van der Waals surface area contributed by atoms with Crippen LogP contribution in [-0.2, 0) is 6.54 Å². The van der Waals surface area contributed by atoms with Gasteiger partial charge in [0.1, 0.15) is 22.9 Å². The molecule has 37 heavy (non-hydrogen) atoms. The van der Waals surface area contributed by atoms with E-state index in [0.717, 1.165) is 10.1 Å². The zero-order valence-electron chi connectivity index (χ0n) is 20.0. The number of fused-ring (bicyclic) bond motifs is 1. The number of carboxylic acid groups (broad SMARTS) is 1. The fourth-order valence-electron chi connectivity index (χ4n) is 3.89. The van der Waals surface area contributed by atoms with Gasteiger partial charge in [-0.1, -0.05) is 24.3 Å². The highest BCUT2D eigenvalue weighted by molar-refractivity contribution is 6.02. The van der Waals surface area contributed by atoms with Crippen molar-refractivity contribution < 1.29 is 24.2 Å². The van der Waals surface area contributed by atoms with Gasteiger partial charge in [-0.05, 0) is 42.0 Å². The third-order valence-electron chi connectivity index (χ3n) is 5.70. The second-order valence-corrected chi connectivity index (χ2v) is 8.00. The highest BCUT2D eigenvalue weighted by atomic mass is 16.5. The molecule has 0 saturated heterocycles. The third-order valence-corrected chi connectivity index (χ3v) is 5.70. The fourth-order valence-corrected chi connectivity index (χ4v) is 3.89. The van der Waals surface area contributed by atoms with Crippen molar-refractivity contribution >= 4 is 28.9 Å². The summed E-state index contributed by atoms with van der Waals surface area (Å²) in [7, 11) is 3.10. The number of anilines is 1. The number of hydrogen-bond acceptors (Lipinski definition) is 7. The largest absolute Gasteiger partial charge is 0.497 e. The molecule has 3 aromatic heterocycles. The van der Waals surface area contributed by atoms with Crippen molar-refractivity contribution in [3.05, 3.63) is 84.2 Å². The Morgan fingerprint density at radius 3 is 2.38 bits per heavy atom. The molecule has 0 radical (unpaired) electrons. The number of nitrogens with one attached hydrogen (secondary N) is 1. The number of benzene rings is 2. The number of ether oxygens (including phenoxy) is 2. The SMILES string of the molecule is COc1ccc(Cn2nc(NC(=O)c3ccc(OC)cn3)cc2-c2nc3ccccc3n2C(=O)O)cc1. The molecule has 5 rings (SSSR count). The van der Waals surface area contributed by atoms with E-state index in [9.17, 15) is 14.7 Å². The summed E-state index contributed by atoms with van der Waals surface area (Å²) in [5, 5.41) is 17.3. The molecule has 5 aromatic rings. The van der Waals surface area contributed by atoms with E-state index in [1.165, 1.54) is 19.4 Å². The highest BCUT2D eigenvalue weighted by Crippen LogP contribution is 2.28. The van der Waals surface area contributed by atoms with E-state index >= 15 is 0 Å². The molecule has 0 unspecified atom stereocenters. The number of aromatic nitrogens is 5. The second kappa shape index (κ2) is 9.82. The maximum absolute atomic E-state index is 12.8. The van der Waals surface area contributed by atoms with E-state index in [-0.39, 0.29) is 17.3 Å². The van der Waals surface area contributed by atoms with Gasteiger partial charge in [0.2, 0.25) is 0 Å². The van der Waals surface area contributed by atoms with Crippen molar-refractivity contribution in [2.45, 2.75) is 6.54 Å². The molecule has 0 aliphatic rings. The Balaban J connectivity index is 1.56. The van der Waals surface area contributed by atoms with Gasteiger partial charge in [-0.25, -0.2) is 19.3 Å². The molecule has 0 aliphatic heterocycles. The Morgan fingerprint density at radius 2 is 1.70 bits per heavy atom. The van der Waals surface area contributed by atoms with Crippen LogP contribution in [0, 0.1) is 0 Å². The quantitative estimate of drug-likeness (QED) is 0.342. The van der Waals surface area contributed by atoms with Crippen LogP contribution >= 0.6 is 0 Å². The topological polar surface area (TPSA) is 133 Å². The van der Waals surface area contributed by atoms with Gasteiger partial charge in [-0.3, -0.25) is 9.48 Å². The van der Waals surface area contributed by atoms with Gasteiger partial charge in [0.15, 0.2) is 11.6 Å². The summed E-state index contributed by atoms with van der Waals surface area (Å²) >= 11 is 0. The fraction of sp³-hybridized carbons (Fsp3) is 0.115. The summed E-state index contributed by atoms with van der Waals surface area (Å²) in [6.45, 7) is 0.290. The van der Waals surface area contributed by atoms with Crippen molar-refractivity contribution in [2.24, 2.45) is 0 Å². The smallest absolute Gasteiger partial charge is 0.417 e. The maximum Gasteiger partial charge on any atom is 0.417 e. The first-order valence-electron chi connectivity index (χ1n) is 11.2. The Morgan fingerprint density at radius 1 is 0.973 bits per heavy atom. The van der Waals surface area contributed by atoms with Crippen LogP contribution in [0.5, 0.6) is 11.5 Å². The number of carbonyl (C=O) groups is 2. The number of para-hydroxylation sites is 2. The molecule has 11 nitrogen and oxygen atoms in total. The van der Waals surface area contributed by atoms with Crippen molar-refractivity contribution in [3.8, 4) is 23.0 Å². The molecule has 11 heteroatoms. The average Bonchev–Trinajstić information content (AvgIpc) is 3.50. The minimum absolute atomic E-state index is 0.171. The van der Waals surface area contributed by atoms with Crippen LogP contribution in [0.2, 0.25) is 0 Å². The summed E-state index contributed by atoms with van der Waals surface area (Å²) in [4.78, 5) is 33.7. The first-order valence-corrected chi connectivity index (χ1v) is 11.2. The summed E-state index contributed by atoms with van der Waals surface area (Å²) in [6, 6.07) is 19.1. The summed E-state index contributed by atoms with van der Waals surface area (Å²) in [6.07, 6.45) is 0.256. The summed E-state index contributed by atoms with van der Waals surface area (Å²) < 4.78 is 13.0. The summed E-state index contributed by atoms with van der Waals surface area (Å²) in [5.74, 6) is 1.15. The molecule has 0 fully saturated rings. The lowest BCUT2D eigenvalue weighted by Gasteiger charge is -2.09. The van der Waals surface area contributed by atoms with Crippen LogP contribution in [-0.4, -0.2) is 55.6 Å². The van der Waals surface area contributed by atoms with Crippen molar-refractivity contribution in [2.75, 3.05) is 19.5 Å². The molecule has 1 amide bonds. The van der Waals surface area contributed by atoms with Crippen molar-refractivity contribution in [1.29, 1.82) is 0 Å². The Hall–Kier alpha value is -5.19. The van der Waals surface area contributed by atoms with Gasteiger partial charge in [-0.15, -0.1) is 0 Å². The Bertz CT molecular complexity index is 1590. The zero-order chi connectivity index (χ0) is 25.9. The normalized spacial score (nSPS) is 10.9. The predicted molar refractivity (Wildman–Crippen MR) is 135 cm³/mol. The van der Waals surface area contributed by atoms with Crippen LogP contribution in [0.25, 0.3) is 22.6 Å². The summed E-state index contributed by atoms with van der Waals surface area (Å²) in [5.41, 5.74) is 2.43. The number of pyridine rings is 1. The average molecular weight is 498 g/mol. The molecular formula is C26H22N6O5. The number of imidazole rings is 1. The van der Waals surface area contributed by atoms with Crippen LogP contribution in [0.15, 0.2) is 72.9 Å². The van der Waals surface area contributed by atoms with E-state index in [1.54, 1.807) is 48.2 Å². The Kier molecular flexibility index (Phi) is 6.25. The van der Waals surface area contributed by atoms with Crippen molar-refractivity contribution in [1.82, 2.24) is 24.3 Å². The monoisotopic (exact) mass is 498 g/mol. The van der Waals surface area contributed by atoms with E-state index < -0.39 is 12.0 Å². The van der Waals surface area contributed by atoms with Gasteiger partial charge >= 0.3 is 6.09 Å². The Labute approximate surface area is 210 Å². The molecule has 0 aliphatic carbocycles. The number of nitrogens with zero attached hydrogens (tertiary/aromatic N) is 5. The van der Waals surface area contributed by atoms with Crippen LogP contribution in [0.1, 0.15) is 16.1 Å². The molecule has 0 atom stereocenters. The first kappa shape index (κ1) is 23.5. The minimum atomic E-state index is -1.19. The van der Waals surface area contributed by atoms with E-state index in [0.29, 0.717) is 34.8 Å². The van der Waals surface area contributed by atoms with Gasteiger partial charge in [0, 0.05) is 6.07 Å². The van der Waals surface area contributed by atoms with E-state index in [2.05, 4.69) is 20.4 Å². The molecule has 0 bridgehead atoms. The van der Waals surface area contributed by atoms with E-state index in [4.69, 9.17) is 9.47 Å². The van der Waals surface area contributed by atoms with Crippen LogP contribution in [0.3, 0.4) is 0 Å². The van der Waals surface area contributed by atoms with E-state index in [1.807, 2.05) is 24.3 Å². The standard InChI is InChI=1S/C26H22N6O5/c1-36-17-9-7-16(8-10-17)15-31-22(24-28-19-5-3-4-6-21(19)32(24)26(34)35)13-23(30-31)29-25(33)20-12-11-18(37-2)14-27-20/h3-14H,15H2,1-2H3,(H,34,35)(H,29,30,33). The predicted octanol–water partition coefficient (Wildman–Crippen LogP) is 4.14. The maximum atomic E-state index is 12.8. The lowest BCUT2D eigenvalue weighted by molar-refractivity contribution is 0.102. The lowest BCUT2D eigenvalue weighted by atomic mass is 10.2. The number of rotatable bonds is 7. The molecular weight excluding hydrogens is 476 g/mol. The van der Waals surface area contributed by atoms with Crippen LogP contribution in [0.4, 0.5) is 10.6 Å². The molecule has 2 aromatic carbocycles. The number of methoxy groups -OCH3 is 2.